The minimum atomic E-state index is -0.775. The van der Waals surface area contributed by atoms with Crippen LogP contribution in [0.2, 0.25) is 0 Å². The number of rotatable bonds is 4. The van der Waals surface area contributed by atoms with Crippen LogP contribution in [0.3, 0.4) is 0 Å². The van der Waals surface area contributed by atoms with Gasteiger partial charge in [-0.2, -0.15) is 0 Å². The molecule has 0 saturated carbocycles. The van der Waals surface area contributed by atoms with Gasteiger partial charge in [-0.1, -0.05) is 0 Å². The van der Waals surface area contributed by atoms with E-state index in [4.69, 9.17) is 5.11 Å². The summed E-state index contributed by atoms with van der Waals surface area (Å²) in [7, 11) is 3.84. The van der Waals surface area contributed by atoms with Crippen LogP contribution in [0, 0.1) is 0 Å². The fourth-order valence-electron chi connectivity index (χ4n) is 1.78. The third kappa shape index (κ3) is 2.22. The van der Waals surface area contributed by atoms with Crippen LogP contribution < -0.4 is 4.90 Å². The van der Waals surface area contributed by atoms with E-state index in [1.165, 1.54) is 6.33 Å². The quantitative estimate of drug-likeness (QED) is 0.772. The van der Waals surface area contributed by atoms with E-state index in [0.29, 0.717) is 6.54 Å². The average molecular weight is 236 g/mol. The van der Waals surface area contributed by atoms with Crippen molar-refractivity contribution in [3.63, 3.8) is 0 Å². The number of aliphatic hydroxyl groups is 2. The van der Waals surface area contributed by atoms with E-state index in [1.807, 2.05) is 35.8 Å². The van der Waals surface area contributed by atoms with E-state index < -0.39 is 6.10 Å². The molecule has 0 fully saturated rings. The van der Waals surface area contributed by atoms with Gasteiger partial charge >= 0.3 is 0 Å². The Morgan fingerprint density at radius 2 is 2.18 bits per heavy atom. The normalized spacial score (nSPS) is 12.9. The number of nitrogens with zero attached hydrogens (tertiary/aromatic N) is 4. The molecule has 0 aliphatic heterocycles. The zero-order valence-corrected chi connectivity index (χ0v) is 9.91. The Labute approximate surface area is 99.1 Å². The van der Waals surface area contributed by atoms with Crippen LogP contribution in [0.25, 0.3) is 11.0 Å². The maximum Gasteiger partial charge on any atom is 0.145 e. The highest BCUT2D eigenvalue weighted by atomic mass is 16.3. The number of aliphatic hydroxyl groups excluding tert-OH is 2. The largest absolute Gasteiger partial charge is 0.394 e. The number of aromatic nitrogens is 3. The van der Waals surface area contributed by atoms with Crippen LogP contribution in [0.4, 0.5) is 5.82 Å². The molecule has 0 saturated heterocycles. The number of hydrogen-bond donors (Lipinski definition) is 2. The zero-order chi connectivity index (χ0) is 12.4. The lowest BCUT2D eigenvalue weighted by Crippen LogP contribution is -2.19. The molecular formula is C11H16N4O2. The Hall–Kier alpha value is -1.66. The van der Waals surface area contributed by atoms with Gasteiger partial charge in [0.1, 0.15) is 17.8 Å². The predicted molar refractivity (Wildman–Crippen MR) is 64.9 cm³/mol. The van der Waals surface area contributed by atoms with Crippen molar-refractivity contribution in [1.82, 2.24) is 14.5 Å². The van der Waals surface area contributed by atoms with Gasteiger partial charge in [-0.3, -0.25) is 0 Å². The van der Waals surface area contributed by atoms with Crippen molar-refractivity contribution in [2.24, 2.45) is 0 Å². The van der Waals surface area contributed by atoms with Crippen molar-refractivity contribution in [1.29, 1.82) is 0 Å². The molecule has 6 nitrogen and oxygen atoms in total. The highest BCUT2D eigenvalue weighted by Crippen LogP contribution is 2.22. The fourth-order valence-corrected chi connectivity index (χ4v) is 1.78. The van der Waals surface area contributed by atoms with Gasteiger partial charge in [-0.05, 0) is 6.07 Å². The molecule has 92 valence electrons. The summed E-state index contributed by atoms with van der Waals surface area (Å²) >= 11 is 0. The molecule has 2 heterocycles. The van der Waals surface area contributed by atoms with Crippen molar-refractivity contribution >= 4 is 16.9 Å². The first-order chi connectivity index (χ1) is 8.13. The monoisotopic (exact) mass is 236 g/mol. The van der Waals surface area contributed by atoms with Gasteiger partial charge in [-0.25, -0.2) is 9.97 Å². The molecule has 2 N–H and O–H groups in total. The SMILES string of the molecule is CN(C)c1ncnc2c1ccn2CC(O)CO. The molecule has 17 heavy (non-hydrogen) atoms. The molecule has 0 aliphatic carbocycles. The molecule has 0 radical (unpaired) electrons. The number of hydrogen-bond acceptors (Lipinski definition) is 5. The van der Waals surface area contributed by atoms with Crippen LogP contribution in [-0.4, -0.2) is 51.6 Å². The third-order valence-electron chi connectivity index (χ3n) is 2.58. The van der Waals surface area contributed by atoms with Crippen LogP contribution in [0.15, 0.2) is 18.6 Å². The van der Waals surface area contributed by atoms with E-state index in [0.717, 1.165) is 16.9 Å². The summed E-state index contributed by atoms with van der Waals surface area (Å²) in [6, 6.07) is 1.91. The van der Waals surface area contributed by atoms with Gasteiger partial charge in [0.15, 0.2) is 0 Å². The highest BCUT2D eigenvalue weighted by Gasteiger charge is 2.11. The third-order valence-corrected chi connectivity index (χ3v) is 2.58. The first-order valence-corrected chi connectivity index (χ1v) is 5.39. The molecule has 1 unspecified atom stereocenters. The average Bonchev–Trinajstić information content (AvgIpc) is 2.72. The van der Waals surface area contributed by atoms with Crippen LogP contribution in [0.5, 0.6) is 0 Å². The van der Waals surface area contributed by atoms with E-state index in [9.17, 15) is 5.11 Å². The summed E-state index contributed by atoms with van der Waals surface area (Å²) in [6.07, 6.45) is 2.56. The fraction of sp³-hybridized carbons (Fsp3) is 0.455. The Bertz CT molecular complexity index is 509. The Morgan fingerprint density at radius 3 is 2.82 bits per heavy atom. The van der Waals surface area contributed by atoms with Gasteiger partial charge < -0.3 is 19.7 Å². The molecule has 0 spiro atoms. The summed E-state index contributed by atoms with van der Waals surface area (Å²) in [5.41, 5.74) is 0.760. The highest BCUT2D eigenvalue weighted by molar-refractivity contribution is 5.87. The maximum atomic E-state index is 9.44. The molecule has 1 atom stereocenters. The molecule has 0 aromatic carbocycles. The van der Waals surface area contributed by atoms with Crippen molar-refractivity contribution in [2.45, 2.75) is 12.6 Å². The zero-order valence-electron chi connectivity index (χ0n) is 9.91. The van der Waals surface area contributed by atoms with Gasteiger partial charge in [0.2, 0.25) is 0 Å². The number of anilines is 1. The standard InChI is InChI=1S/C11H16N4O2/c1-14(2)10-9-3-4-15(5-8(17)6-16)11(9)13-7-12-10/h3-4,7-8,16-17H,5-6H2,1-2H3. The van der Waals surface area contributed by atoms with Crippen molar-refractivity contribution < 1.29 is 10.2 Å². The Balaban J connectivity index is 2.44. The van der Waals surface area contributed by atoms with Gasteiger partial charge in [-0.15, -0.1) is 0 Å². The summed E-state index contributed by atoms with van der Waals surface area (Å²) in [5.74, 6) is 0.840. The second kappa shape index (κ2) is 4.68. The first kappa shape index (κ1) is 11.8. The second-order valence-electron chi connectivity index (χ2n) is 4.13. The molecule has 0 bridgehead atoms. The smallest absolute Gasteiger partial charge is 0.145 e. The molecule has 2 aromatic heterocycles. The van der Waals surface area contributed by atoms with E-state index >= 15 is 0 Å². The van der Waals surface area contributed by atoms with E-state index in [2.05, 4.69) is 9.97 Å². The predicted octanol–water partition coefficient (Wildman–Crippen LogP) is -0.150. The summed E-state index contributed by atoms with van der Waals surface area (Å²) in [4.78, 5) is 10.3. The summed E-state index contributed by atoms with van der Waals surface area (Å²) < 4.78 is 1.81. The topological polar surface area (TPSA) is 74.4 Å². The Morgan fingerprint density at radius 1 is 1.41 bits per heavy atom. The molecule has 0 aliphatic rings. The summed E-state index contributed by atoms with van der Waals surface area (Å²) in [6.45, 7) is 0.0647. The van der Waals surface area contributed by atoms with Crippen molar-refractivity contribution in [3.05, 3.63) is 18.6 Å². The Kier molecular flexibility index (Phi) is 3.26. The minimum absolute atomic E-state index is 0.259. The van der Waals surface area contributed by atoms with Crippen LogP contribution >= 0.6 is 0 Å². The summed E-state index contributed by atoms with van der Waals surface area (Å²) in [5, 5.41) is 19.2. The molecular weight excluding hydrogens is 220 g/mol. The van der Waals surface area contributed by atoms with Gasteiger partial charge in [0, 0.05) is 20.3 Å². The van der Waals surface area contributed by atoms with Crippen LogP contribution in [0.1, 0.15) is 0 Å². The second-order valence-corrected chi connectivity index (χ2v) is 4.13. The van der Waals surface area contributed by atoms with E-state index in [1.54, 1.807) is 0 Å². The minimum Gasteiger partial charge on any atom is -0.394 e. The molecule has 0 amide bonds. The first-order valence-electron chi connectivity index (χ1n) is 5.39. The molecule has 6 heteroatoms. The molecule has 2 rings (SSSR count). The van der Waals surface area contributed by atoms with Crippen molar-refractivity contribution in [3.8, 4) is 0 Å². The van der Waals surface area contributed by atoms with Crippen molar-refractivity contribution in [2.75, 3.05) is 25.6 Å². The molecule has 2 aromatic rings. The van der Waals surface area contributed by atoms with E-state index in [-0.39, 0.29) is 6.61 Å². The lowest BCUT2D eigenvalue weighted by molar-refractivity contribution is 0.0821. The van der Waals surface area contributed by atoms with Gasteiger partial charge in [0.05, 0.1) is 24.6 Å². The van der Waals surface area contributed by atoms with Gasteiger partial charge in [0.25, 0.3) is 0 Å². The lowest BCUT2D eigenvalue weighted by atomic mass is 10.3. The van der Waals surface area contributed by atoms with Crippen LogP contribution in [-0.2, 0) is 6.54 Å². The maximum absolute atomic E-state index is 9.44. The number of fused-ring (bicyclic) bond motifs is 1. The lowest BCUT2D eigenvalue weighted by Gasteiger charge is -2.13.